The van der Waals surface area contributed by atoms with Gasteiger partial charge in [-0.1, -0.05) is 30.3 Å². The number of rotatable bonds is 4. The average molecular weight is 419 g/mol. The minimum Gasteiger partial charge on any atom is -0.349 e. The van der Waals surface area contributed by atoms with Crippen molar-refractivity contribution in [2.45, 2.75) is 37.7 Å². The molecule has 2 aromatic carbocycles. The number of nitrogens with one attached hydrogen (secondary N) is 1. The summed E-state index contributed by atoms with van der Waals surface area (Å²) in [4.78, 5) is 0. The van der Waals surface area contributed by atoms with Gasteiger partial charge in [-0.05, 0) is 36.2 Å². The van der Waals surface area contributed by atoms with Crippen molar-refractivity contribution in [3.63, 3.8) is 0 Å². The monoisotopic (exact) mass is 419 g/mol. The van der Waals surface area contributed by atoms with Crippen LogP contribution in [-0.2, 0) is 21.8 Å². The lowest BCUT2D eigenvalue weighted by Gasteiger charge is -2.34. The standard InChI is InChI=1S/C20H19F6NO2/c1-12(14-9-15(19(21,22)23)11-16(10-14)20(24,25)26)29-18-17(27-7-8-28-18)13-5-3-2-4-6-13/h2-6,9-12,17-18,27H,7-8H2,1H3/t12-,17?,18?/m0/s1. The highest BCUT2D eigenvalue weighted by Gasteiger charge is 2.38. The normalized spacial score (nSPS) is 21.8. The molecular weight excluding hydrogens is 400 g/mol. The lowest BCUT2D eigenvalue weighted by Crippen LogP contribution is -2.43. The molecule has 0 saturated carbocycles. The van der Waals surface area contributed by atoms with Crippen LogP contribution in [0.1, 0.15) is 41.3 Å². The van der Waals surface area contributed by atoms with Crippen molar-refractivity contribution in [3.05, 3.63) is 70.8 Å². The van der Waals surface area contributed by atoms with Crippen LogP contribution in [0.15, 0.2) is 48.5 Å². The Bertz CT molecular complexity index is 790. The molecule has 3 rings (SSSR count). The van der Waals surface area contributed by atoms with E-state index in [1.54, 1.807) is 0 Å². The van der Waals surface area contributed by atoms with Crippen molar-refractivity contribution in [2.75, 3.05) is 13.2 Å². The van der Waals surface area contributed by atoms with Crippen LogP contribution in [-0.4, -0.2) is 19.4 Å². The predicted molar refractivity (Wildman–Crippen MR) is 92.9 cm³/mol. The Hall–Kier alpha value is -2.10. The van der Waals surface area contributed by atoms with Crippen LogP contribution in [0, 0.1) is 0 Å². The quantitative estimate of drug-likeness (QED) is 0.665. The first-order valence-corrected chi connectivity index (χ1v) is 8.90. The van der Waals surface area contributed by atoms with Gasteiger partial charge in [0.2, 0.25) is 0 Å². The molecule has 1 fully saturated rings. The van der Waals surface area contributed by atoms with E-state index in [9.17, 15) is 26.3 Å². The molecule has 0 radical (unpaired) electrons. The summed E-state index contributed by atoms with van der Waals surface area (Å²) in [5.41, 5.74) is -2.14. The first-order valence-electron chi connectivity index (χ1n) is 8.90. The van der Waals surface area contributed by atoms with Gasteiger partial charge in [0.25, 0.3) is 0 Å². The van der Waals surface area contributed by atoms with Gasteiger partial charge in [0, 0.05) is 6.54 Å². The Morgan fingerprint density at radius 2 is 1.55 bits per heavy atom. The van der Waals surface area contributed by atoms with Gasteiger partial charge in [-0.15, -0.1) is 0 Å². The highest BCUT2D eigenvalue weighted by molar-refractivity contribution is 5.34. The molecule has 0 bridgehead atoms. The van der Waals surface area contributed by atoms with Crippen molar-refractivity contribution >= 4 is 0 Å². The van der Waals surface area contributed by atoms with E-state index in [1.165, 1.54) is 6.92 Å². The van der Waals surface area contributed by atoms with Gasteiger partial charge < -0.3 is 14.8 Å². The summed E-state index contributed by atoms with van der Waals surface area (Å²) in [6.07, 6.45) is -11.8. The molecule has 0 spiro atoms. The highest BCUT2D eigenvalue weighted by atomic mass is 19.4. The maximum Gasteiger partial charge on any atom is 0.416 e. The fourth-order valence-electron chi connectivity index (χ4n) is 3.13. The Kier molecular flexibility index (Phi) is 6.21. The zero-order valence-corrected chi connectivity index (χ0v) is 15.3. The molecule has 0 aliphatic carbocycles. The highest BCUT2D eigenvalue weighted by Crippen LogP contribution is 2.38. The fraction of sp³-hybridized carbons (Fsp3) is 0.400. The minimum absolute atomic E-state index is 0.0989. The SMILES string of the molecule is C[C@H](OC1OCCNC1c1ccccc1)c1cc(C(F)(F)F)cc(C(F)(F)F)c1. The molecule has 158 valence electrons. The molecule has 0 aromatic heterocycles. The van der Waals surface area contributed by atoms with Crippen LogP contribution in [0.3, 0.4) is 0 Å². The van der Waals surface area contributed by atoms with Crippen LogP contribution in [0.4, 0.5) is 26.3 Å². The zero-order valence-electron chi connectivity index (χ0n) is 15.3. The summed E-state index contributed by atoms with van der Waals surface area (Å²) in [7, 11) is 0. The minimum atomic E-state index is -4.91. The summed E-state index contributed by atoms with van der Waals surface area (Å²) >= 11 is 0. The van der Waals surface area contributed by atoms with Gasteiger partial charge in [0.05, 0.1) is 29.9 Å². The summed E-state index contributed by atoms with van der Waals surface area (Å²) in [5.74, 6) is 0. The Morgan fingerprint density at radius 1 is 0.966 bits per heavy atom. The van der Waals surface area contributed by atoms with E-state index in [-0.39, 0.29) is 11.6 Å². The molecule has 1 N–H and O–H groups in total. The van der Waals surface area contributed by atoms with E-state index in [4.69, 9.17) is 9.47 Å². The van der Waals surface area contributed by atoms with Gasteiger partial charge in [-0.25, -0.2) is 0 Å². The van der Waals surface area contributed by atoms with Crippen LogP contribution < -0.4 is 5.32 Å². The second-order valence-corrected chi connectivity index (χ2v) is 6.70. The molecule has 1 aliphatic heterocycles. The first-order chi connectivity index (χ1) is 13.6. The molecule has 0 amide bonds. The molecular formula is C20H19F6NO2. The molecule has 1 saturated heterocycles. The average Bonchev–Trinajstić information content (AvgIpc) is 2.67. The number of ether oxygens (including phenoxy) is 2. The van der Waals surface area contributed by atoms with E-state index in [0.717, 1.165) is 5.56 Å². The lowest BCUT2D eigenvalue weighted by molar-refractivity contribution is -0.200. The number of benzene rings is 2. The van der Waals surface area contributed by atoms with E-state index in [2.05, 4.69) is 5.32 Å². The molecule has 3 atom stereocenters. The summed E-state index contributed by atoms with van der Waals surface area (Å²) in [6.45, 7) is 2.24. The fourth-order valence-corrected chi connectivity index (χ4v) is 3.13. The first kappa shape index (κ1) is 21.6. The van der Waals surface area contributed by atoms with Crippen LogP contribution in [0.5, 0.6) is 0 Å². The van der Waals surface area contributed by atoms with Crippen LogP contribution in [0.25, 0.3) is 0 Å². The van der Waals surface area contributed by atoms with Crippen molar-refractivity contribution < 1.29 is 35.8 Å². The van der Waals surface area contributed by atoms with E-state index >= 15 is 0 Å². The second kappa shape index (κ2) is 8.33. The molecule has 29 heavy (non-hydrogen) atoms. The van der Waals surface area contributed by atoms with Crippen LogP contribution in [0.2, 0.25) is 0 Å². The Morgan fingerprint density at radius 3 is 2.10 bits per heavy atom. The van der Waals surface area contributed by atoms with Crippen molar-refractivity contribution in [1.29, 1.82) is 0 Å². The van der Waals surface area contributed by atoms with Gasteiger partial charge in [0.1, 0.15) is 0 Å². The maximum absolute atomic E-state index is 13.1. The largest absolute Gasteiger partial charge is 0.416 e. The smallest absolute Gasteiger partial charge is 0.349 e. The van der Waals surface area contributed by atoms with Crippen LogP contribution >= 0.6 is 0 Å². The topological polar surface area (TPSA) is 30.5 Å². The maximum atomic E-state index is 13.1. The van der Waals surface area contributed by atoms with E-state index in [0.29, 0.717) is 25.3 Å². The molecule has 1 aliphatic rings. The number of hydrogen-bond donors (Lipinski definition) is 1. The second-order valence-electron chi connectivity index (χ2n) is 6.70. The van der Waals surface area contributed by atoms with Gasteiger partial charge in [-0.2, -0.15) is 26.3 Å². The van der Waals surface area contributed by atoms with Crippen molar-refractivity contribution in [1.82, 2.24) is 5.32 Å². The molecule has 2 unspecified atom stereocenters. The number of halogens is 6. The molecule has 2 aromatic rings. The predicted octanol–water partition coefficient (Wildman–Crippen LogP) is 5.49. The third-order valence-corrected chi connectivity index (χ3v) is 4.60. The molecule has 9 heteroatoms. The van der Waals surface area contributed by atoms with Gasteiger partial charge in [0.15, 0.2) is 6.29 Å². The third-order valence-electron chi connectivity index (χ3n) is 4.60. The van der Waals surface area contributed by atoms with Gasteiger partial charge >= 0.3 is 12.4 Å². The zero-order chi connectivity index (χ0) is 21.2. The number of alkyl halides is 6. The number of hydrogen-bond acceptors (Lipinski definition) is 3. The molecule has 1 heterocycles. The summed E-state index contributed by atoms with van der Waals surface area (Å²) in [6, 6.07) is 10.2. The lowest BCUT2D eigenvalue weighted by atomic mass is 10.0. The number of morpholine rings is 1. The molecule has 3 nitrogen and oxygen atoms in total. The van der Waals surface area contributed by atoms with Gasteiger partial charge in [-0.3, -0.25) is 0 Å². The van der Waals surface area contributed by atoms with Crippen molar-refractivity contribution in [3.8, 4) is 0 Å². The van der Waals surface area contributed by atoms with E-state index in [1.807, 2.05) is 30.3 Å². The van der Waals surface area contributed by atoms with Crippen molar-refractivity contribution in [2.24, 2.45) is 0 Å². The Labute approximate surface area is 163 Å². The summed E-state index contributed by atoms with van der Waals surface area (Å²) in [5, 5.41) is 3.20. The Balaban J connectivity index is 1.88. The van der Waals surface area contributed by atoms with E-state index < -0.39 is 41.9 Å². The third kappa shape index (κ3) is 5.29. The summed E-state index contributed by atoms with van der Waals surface area (Å²) < 4.78 is 90.0.